The van der Waals surface area contributed by atoms with Crippen LogP contribution >= 0.6 is 0 Å². The van der Waals surface area contributed by atoms with Gasteiger partial charge in [-0.25, -0.2) is 0 Å². The first-order chi connectivity index (χ1) is 8.31. The molecule has 0 atom stereocenters. The summed E-state index contributed by atoms with van der Waals surface area (Å²) in [5, 5.41) is 5.45. The molecule has 1 N–H and O–H groups in total. The maximum atomic E-state index is 12.0. The second-order valence-electron chi connectivity index (χ2n) is 4.16. The largest absolute Gasteiger partial charge is 0.385 e. The van der Waals surface area contributed by atoms with Crippen molar-refractivity contribution in [3.63, 3.8) is 0 Å². The van der Waals surface area contributed by atoms with Gasteiger partial charge in [0.25, 0.3) is 0 Å². The summed E-state index contributed by atoms with van der Waals surface area (Å²) >= 11 is 0. The van der Waals surface area contributed by atoms with Crippen LogP contribution in [0.25, 0.3) is 16.8 Å². The van der Waals surface area contributed by atoms with Gasteiger partial charge in [0, 0.05) is 17.6 Å². The smallest absolute Gasteiger partial charge is 0.188 e. The zero-order valence-corrected chi connectivity index (χ0v) is 9.66. The van der Waals surface area contributed by atoms with E-state index in [2.05, 4.69) is 11.4 Å². The fourth-order valence-electron chi connectivity index (χ4n) is 2.39. The molecular formula is C15H13NO. The van der Waals surface area contributed by atoms with Gasteiger partial charge in [-0.15, -0.1) is 0 Å². The molecule has 84 valence electrons. The quantitative estimate of drug-likeness (QED) is 0.844. The zero-order valence-electron chi connectivity index (χ0n) is 9.66. The standard InChI is InChI=1S/C15H13NO/c1-2-16-12-8-6-10-4-3-5-11-7-9-13(17)15(12)14(10)11/h3-9,16H,2H2,1H3. The predicted molar refractivity (Wildman–Crippen MR) is 71.5 cm³/mol. The van der Waals surface area contributed by atoms with E-state index >= 15 is 0 Å². The molecule has 0 aromatic heterocycles. The van der Waals surface area contributed by atoms with Gasteiger partial charge in [0.1, 0.15) is 0 Å². The SMILES string of the molecule is CCNc1ccc2cccc3c2c1C(=O)C=C3. The van der Waals surface area contributed by atoms with Crippen LogP contribution < -0.4 is 5.32 Å². The molecule has 0 aliphatic heterocycles. The summed E-state index contributed by atoms with van der Waals surface area (Å²) in [5.74, 6) is 0.0882. The van der Waals surface area contributed by atoms with E-state index in [4.69, 9.17) is 0 Å². The highest BCUT2D eigenvalue weighted by Gasteiger charge is 2.18. The molecule has 3 rings (SSSR count). The minimum atomic E-state index is 0.0882. The van der Waals surface area contributed by atoms with Crippen LogP contribution in [-0.2, 0) is 0 Å². The second kappa shape index (κ2) is 3.74. The molecular weight excluding hydrogens is 210 g/mol. The van der Waals surface area contributed by atoms with E-state index in [1.165, 1.54) is 0 Å². The Balaban J connectivity index is 2.41. The summed E-state index contributed by atoms with van der Waals surface area (Å²) < 4.78 is 0. The molecule has 2 heteroatoms. The lowest BCUT2D eigenvalue weighted by molar-refractivity contribution is 0.104. The van der Waals surface area contributed by atoms with Gasteiger partial charge in [-0.1, -0.05) is 30.3 Å². The van der Waals surface area contributed by atoms with Crippen molar-refractivity contribution in [2.24, 2.45) is 0 Å². The van der Waals surface area contributed by atoms with Crippen LogP contribution in [0.3, 0.4) is 0 Å². The van der Waals surface area contributed by atoms with Crippen molar-refractivity contribution < 1.29 is 4.79 Å². The molecule has 1 aliphatic rings. The lowest BCUT2D eigenvalue weighted by Crippen LogP contribution is -2.08. The van der Waals surface area contributed by atoms with E-state index in [0.29, 0.717) is 0 Å². The minimum Gasteiger partial charge on any atom is -0.385 e. The first kappa shape index (κ1) is 10.1. The number of hydrogen-bond acceptors (Lipinski definition) is 2. The van der Waals surface area contributed by atoms with E-state index in [1.54, 1.807) is 6.08 Å². The van der Waals surface area contributed by atoms with Crippen molar-refractivity contribution in [2.45, 2.75) is 6.92 Å². The molecule has 2 aromatic rings. The summed E-state index contributed by atoms with van der Waals surface area (Å²) in [6.07, 6.45) is 3.55. The van der Waals surface area contributed by atoms with E-state index in [-0.39, 0.29) is 5.78 Å². The Morgan fingerprint density at radius 1 is 1.12 bits per heavy atom. The number of rotatable bonds is 2. The average Bonchev–Trinajstić information content (AvgIpc) is 2.35. The van der Waals surface area contributed by atoms with Gasteiger partial charge in [0.05, 0.1) is 5.56 Å². The number of allylic oxidation sites excluding steroid dienone is 1. The van der Waals surface area contributed by atoms with Crippen molar-refractivity contribution in [1.82, 2.24) is 0 Å². The predicted octanol–water partition coefficient (Wildman–Crippen LogP) is 3.48. The lowest BCUT2D eigenvalue weighted by Gasteiger charge is -2.16. The molecule has 0 fully saturated rings. The maximum Gasteiger partial charge on any atom is 0.188 e. The Kier molecular flexibility index (Phi) is 2.22. The molecule has 0 saturated heterocycles. The summed E-state index contributed by atoms with van der Waals surface area (Å²) in [5.41, 5.74) is 2.86. The number of carbonyl (C=O) groups excluding carboxylic acids is 1. The van der Waals surface area contributed by atoms with Crippen LogP contribution in [0.1, 0.15) is 22.8 Å². The van der Waals surface area contributed by atoms with E-state index in [1.807, 2.05) is 37.3 Å². The Bertz CT molecular complexity index is 641. The topological polar surface area (TPSA) is 29.1 Å². The van der Waals surface area contributed by atoms with Crippen LogP contribution in [0.5, 0.6) is 0 Å². The van der Waals surface area contributed by atoms with Gasteiger partial charge in [-0.3, -0.25) is 4.79 Å². The lowest BCUT2D eigenvalue weighted by atomic mass is 9.91. The number of ketones is 1. The molecule has 0 spiro atoms. The first-order valence-corrected chi connectivity index (χ1v) is 5.83. The highest BCUT2D eigenvalue weighted by Crippen LogP contribution is 2.33. The molecule has 0 unspecified atom stereocenters. The Morgan fingerprint density at radius 3 is 2.82 bits per heavy atom. The molecule has 0 radical (unpaired) electrons. The fraction of sp³-hybridized carbons (Fsp3) is 0.133. The number of benzene rings is 2. The zero-order chi connectivity index (χ0) is 11.8. The highest BCUT2D eigenvalue weighted by atomic mass is 16.1. The van der Waals surface area contributed by atoms with Gasteiger partial charge >= 0.3 is 0 Å². The van der Waals surface area contributed by atoms with Crippen molar-refractivity contribution in [3.05, 3.63) is 47.5 Å². The molecule has 0 saturated carbocycles. The molecule has 2 nitrogen and oxygen atoms in total. The second-order valence-corrected chi connectivity index (χ2v) is 4.16. The van der Waals surface area contributed by atoms with Gasteiger partial charge in [0.2, 0.25) is 0 Å². The number of anilines is 1. The normalized spacial score (nSPS) is 13.1. The van der Waals surface area contributed by atoms with Crippen molar-refractivity contribution in [3.8, 4) is 0 Å². The molecule has 2 aromatic carbocycles. The fourth-order valence-corrected chi connectivity index (χ4v) is 2.39. The molecule has 1 aliphatic carbocycles. The highest BCUT2D eigenvalue weighted by molar-refractivity contribution is 6.23. The third-order valence-corrected chi connectivity index (χ3v) is 3.11. The number of nitrogens with one attached hydrogen (secondary N) is 1. The van der Waals surface area contributed by atoms with Crippen LogP contribution in [0.4, 0.5) is 5.69 Å². The average molecular weight is 223 g/mol. The van der Waals surface area contributed by atoms with Crippen molar-refractivity contribution >= 4 is 28.3 Å². The van der Waals surface area contributed by atoms with Crippen LogP contribution in [0.15, 0.2) is 36.4 Å². The van der Waals surface area contributed by atoms with Gasteiger partial charge in [0.15, 0.2) is 5.78 Å². The summed E-state index contributed by atoms with van der Waals surface area (Å²) in [6, 6.07) is 10.2. The van der Waals surface area contributed by atoms with Crippen molar-refractivity contribution in [2.75, 3.05) is 11.9 Å². The number of hydrogen-bond donors (Lipinski definition) is 1. The van der Waals surface area contributed by atoms with Gasteiger partial charge in [-0.2, -0.15) is 0 Å². The Labute approximate surface area is 100.0 Å². The van der Waals surface area contributed by atoms with Crippen LogP contribution in [0, 0.1) is 0 Å². The van der Waals surface area contributed by atoms with E-state index in [9.17, 15) is 4.79 Å². The molecule has 17 heavy (non-hydrogen) atoms. The Morgan fingerprint density at radius 2 is 2.00 bits per heavy atom. The molecule has 0 amide bonds. The summed E-state index contributed by atoms with van der Waals surface area (Å²) in [7, 11) is 0. The Hall–Kier alpha value is -2.09. The monoisotopic (exact) mass is 223 g/mol. The van der Waals surface area contributed by atoms with Crippen LogP contribution in [-0.4, -0.2) is 12.3 Å². The minimum absolute atomic E-state index is 0.0882. The number of carbonyl (C=O) groups is 1. The van der Waals surface area contributed by atoms with E-state index in [0.717, 1.165) is 34.1 Å². The maximum absolute atomic E-state index is 12.0. The summed E-state index contributed by atoms with van der Waals surface area (Å²) in [6.45, 7) is 2.85. The summed E-state index contributed by atoms with van der Waals surface area (Å²) in [4.78, 5) is 12.0. The van der Waals surface area contributed by atoms with Gasteiger partial charge < -0.3 is 5.32 Å². The van der Waals surface area contributed by atoms with E-state index < -0.39 is 0 Å². The third-order valence-electron chi connectivity index (χ3n) is 3.11. The first-order valence-electron chi connectivity index (χ1n) is 5.83. The molecule has 0 heterocycles. The third kappa shape index (κ3) is 1.45. The van der Waals surface area contributed by atoms with Crippen molar-refractivity contribution in [1.29, 1.82) is 0 Å². The molecule has 0 bridgehead atoms. The van der Waals surface area contributed by atoms with Gasteiger partial charge in [-0.05, 0) is 30.0 Å². The van der Waals surface area contributed by atoms with Crippen LogP contribution in [0.2, 0.25) is 0 Å².